The van der Waals surface area contributed by atoms with Crippen molar-refractivity contribution in [3.63, 3.8) is 0 Å². The van der Waals surface area contributed by atoms with Crippen molar-refractivity contribution in [1.29, 1.82) is 0 Å². The second-order valence-electron chi connectivity index (χ2n) is 5.85. The fourth-order valence-corrected chi connectivity index (χ4v) is 4.83. The number of benzene rings is 1. The number of sulfone groups is 1. The van der Waals surface area contributed by atoms with Gasteiger partial charge in [0.05, 0.1) is 24.2 Å². The summed E-state index contributed by atoms with van der Waals surface area (Å²) in [7, 11) is -2.90. The van der Waals surface area contributed by atoms with Gasteiger partial charge in [-0.15, -0.1) is 0 Å². The first-order chi connectivity index (χ1) is 10.5. The molecule has 0 aromatic heterocycles. The molecule has 2 N–H and O–H groups in total. The van der Waals surface area contributed by atoms with Gasteiger partial charge in [-0.3, -0.25) is 0 Å². The fourth-order valence-electron chi connectivity index (χ4n) is 2.97. The third-order valence-corrected chi connectivity index (χ3v) is 5.98. The summed E-state index contributed by atoms with van der Waals surface area (Å²) in [6.07, 6.45) is 1.35. The van der Waals surface area contributed by atoms with Crippen LogP contribution in [0, 0.1) is 5.92 Å². The molecule has 2 amide bonds. The molecule has 0 unspecified atom stereocenters. The largest absolute Gasteiger partial charge is 0.493 e. The molecule has 1 aromatic carbocycles. The molecular weight excluding hydrogens is 304 g/mol. The summed E-state index contributed by atoms with van der Waals surface area (Å²) >= 11 is 0. The summed E-state index contributed by atoms with van der Waals surface area (Å²) in [6, 6.07) is 7.34. The van der Waals surface area contributed by atoms with E-state index in [1.54, 1.807) is 0 Å². The lowest BCUT2D eigenvalue weighted by molar-refractivity contribution is 0.222. The summed E-state index contributed by atoms with van der Waals surface area (Å²) in [4.78, 5) is 12.0. The monoisotopic (exact) mass is 324 g/mol. The maximum atomic E-state index is 12.0. The molecule has 2 atom stereocenters. The Hall–Kier alpha value is -1.76. The molecular formula is C15H20N2O4S. The Morgan fingerprint density at radius 3 is 2.86 bits per heavy atom. The van der Waals surface area contributed by atoms with E-state index in [0.29, 0.717) is 19.6 Å². The van der Waals surface area contributed by atoms with Gasteiger partial charge < -0.3 is 15.4 Å². The van der Waals surface area contributed by atoms with Crippen molar-refractivity contribution in [2.75, 3.05) is 24.7 Å². The number of rotatable bonds is 3. The first-order valence-corrected chi connectivity index (χ1v) is 9.32. The van der Waals surface area contributed by atoms with Gasteiger partial charge in [-0.05, 0) is 18.4 Å². The van der Waals surface area contributed by atoms with E-state index in [2.05, 4.69) is 10.6 Å². The Morgan fingerprint density at radius 2 is 2.09 bits per heavy atom. The molecule has 0 spiro atoms. The second-order valence-corrected chi connectivity index (χ2v) is 8.08. The Labute approximate surface area is 130 Å². The summed E-state index contributed by atoms with van der Waals surface area (Å²) in [6.45, 7) is 0.971. The predicted molar refractivity (Wildman–Crippen MR) is 82.6 cm³/mol. The van der Waals surface area contributed by atoms with Crippen molar-refractivity contribution in [2.24, 2.45) is 5.92 Å². The highest BCUT2D eigenvalue weighted by Gasteiger charge is 2.28. The van der Waals surface area contributed by atoms with Crippen LogP contribution in [0.2, 0.25) is 0 Å². The number of carbonyl (C=O) groups is 1. The van der Waals surface area contributed by atoms with Crippen LogP contribution in [0.15, 0.2) is 24.3 Å². The van der Waals surface area contributed by atoms with Crippen LogP contribution in [-0.2, 0) is 9.84 Å². The molecule has 1 aromatic rings. The smallest absolute Gasteiger partial charge is 0.315 e. The second kappa shape index (κ2) is 6.16. The number of para-hydroxylation sites is 1. The van der Waals surface area contributed by atoms with Gasteiger partial charge >= 0.3 is 6.03 Å². The number of hydrogen-bond acceptors (Lipinski definition) is 4. The van der Waals surface area contributed by atoms with E-state index < -0.39 is 9.84 Å². The number of amides is 2. The zero-order chi connectivity index (χ0) is 15.6. The Kier molecular flexibility index (Phi) is 4.24. The van der Waals surface area contributed by atoms with Crippen LogP contribution in [0.4, 0.5) is 4.79 Å². The summed E-state index contributed by atoms with van der Waals surface area (Å²) < 4.78 is 28.4. The van der Waals surface area contributed by atoms with Gasteiger partial charge in [0.2, 0.25) is 0 Å². The van der Waals surface area contributed by atoms with Gasteiger partial charge in [0, 0.05) is 18.5 Å². The Bertz CT molecular complexity index is 659. The van der Waals surface area contributed by atoms with Crippen molar-refractivity contribution in [3.05, 3.63) is 29.8 Å². The standard InChI is InChI=1S/C15H20N2O4S/c18-15(16-9-11-6-8-22(19,20)10-11)17-13-5-7-21-14-4-2-1-3-12(13)14/h1-4,11,13H,5-10H2,(H2,16,17,18)/t11-,13-/m0/s1. The molecule has 6 nitrogen and oxygen atoms in total. The SMILES string of the molecule is O=C(NC[C@@H]1CCS(=O)(=O)C1)N[C@H]1CCOc2ccccc21. The molecule has 0 radical (unpaired) electrons. The van der Waals surface area contributed by atoms with Crippen molar-refractivity contribution < 1.29 is 17.9 Å². The van der Waals surface area contributed by atoms with Crippen LogP contribution >= 0.6 is 0 Å². The van der Waals surface area contributed by atoms with Crippen molar-refractivity contribution in [2.45, 2.75) is 18.9 Å². The lowest BCUT2D eigenvalue weighted by Gasteiger charge is -2.26. The maximum Gasteiger partial charge on any atom is 0.315 e. The molecule has 120 valence electrons. The molecule has 2 aliphatic heterocycles. The number of nitrogens with one attached hydrogen (secondary N) is 2. The number of ether oxygens (including phenoxy) is 1. The van der Waals surface area contributed by atoms with E-state index in [1.165, 1.54) is 0 Å². The molecule has 7 heteroatoms. The maximum absolute atomic E-state index is 12.0. The molecule has 2 heterocycles. The van der Waals surface area contributed by atoms with E-state index in [1.807, 2.05) is 24.3 Å². The molecule has 0 aliphatic carbocycles. The van der Waals surface area contributed by atoms with Crippen LogP contribution in [0.25, 0.3) is 0 Å². The Morgan fingerprint density at radius 1 is 1.27 bits per heavy atom. The number of hydrogen-bond donors (Lipinski definition) is 2. The number of carbonyl (C=O) groups excluding carboxylic acids is 1. The van der Waals surface area contributed by atoms with Crippen molar-refractivity contribution in [1.82, 2.24) is 10.6 Å². The molecule has 2 aliphatic rings. The van der Waals surface area contributed by atoms with E-state index in [0.717, 1.165) is 17.7 Å². The topological polar surface area (TPSA) is 84.5 Å². The minimum atomic E-state index is -2.90. The lowest BCUT2D eigenvalue weighted by atomic mass is 10.0. The fraction of sp³-hybridized carbons (Fsp3) is 0.533. The molecule has 0 saturated carbocycles. The Balaban J connectivity index is 1.53. The zero-order valence-electron chi connectivity index (χ0n) is 12.2. The third kappa shape index (κ3) is 3.52. The summed E-state index contributed by atoms with van der Waals surface area (Å²) in [5, 5.41) is 5.73. The molecule has 1 fully saturated rings. The van der Waals surface area contributed by atoms with Crippen molar-refractivity contribution in [3.8, 4) is 5.75 Å². The molecule has 22 heavy (non-hydrogen) atoms. The van der Waals surface area contributed by atoms with Gasteiger partial charge in [0.15, 0.2) is 9.84 Å². The normalized spacial score (nSPS) is 25.8. The number of fused-ring (bicyclic) bond motifs is 1. The van der Waals surface area contributed by atoms with Gasteiger partial charge in [0.1, 0.15) is 5.75 Å². The molecule has 0 bridgehead atoms. The van der Waals surface area contributed by atoms with Gasteiger partial charge in [-0.25, -0.2) is 13.2 Å². The van der Waals surface area contributed by atoms with Crippen LogP contribution < -0.4 is 15.4 Å². The number of urea groups is 1. The van der Waals surface area contributed by atoms with Crippen LogP contribution in [0.1, 0.15) is 24.4 Å². The van der Waals surface area contributed by atoms with Gasteiger partial charge in [-0.1, -0.05) is 18.2 Å². The van der Waals surface area contributed by atoms with Gasteiger partial charge in [0.25, 0.3) is 0 Å². The quantitative estimate of drug-likeness (QED) is 0.876. The minimum absolute atomic E-state index is 0.0257. The third-order valence-electron chi connectivity index (χ3n) is 4.14. The summed E-state index contributed by atoms with van der Waals surface area (Å²) in [5.41, 5.74) is 0.979. The highest BCUT2D eigenvalue weighted by molar-refractivity contribution is 7.91. The highest BCUT2D eigenvalue weighted by Crippen LogP contribution is 2.31. The highest BCUT2D eigenvalue weighted by atomic mass is 32.2. The van der Waals surface area contributed by atoms with E-state index in [-0.39, 0.29) is 29.5 Å². The lowest BCUT2D eigenvalue weighted by Crippen LogP contribution is -2.41. The first-order valence-electron chi connectivity index (χ1n) is 7.50. The van der Waals surface area contributed by atoms with Crippen molar-refractivity contribution >= 4 is 15.9 Å². The first kappa shape index (κ1) is 15.1. The zero-order valence-corrected chi connectivity index (χ0v) is 13.1. The van der Waals surface area contributed by atoms with E-state index >= 15 is 0 Å². The predicted octanol–water partition coefficient (Wildman–Crippen LogP) is 1.24. The minimum Gasteiger partial charge on any atom is -0.493 e. The van der Waals surface area contributed by atoms with Crippen LogP contribution in [0.5, 0.6) is 5.75 Å². The van der Waals surface area contributed by atoms with E-state index in [9.17, 15) is 13.2 Å². The van der Waals surface area contributed by atoms with Gasteiger partial charge in [-0.2, -0.15) is 0 Å². The van der Waals surface area contributed by atoms with Crippen LogP contribution in [-0.4, -0.2) is 39.1 Å². The average Bonchev–Trinajstić information content (AvgIpc) is 2.85. The van der Waals surface area contributed by atoms with Crippen LogP contribution in [0.3, 0.4) is 0 Å². The average molecular weight is 324 g/mol. The van der Waals surface area contributed by atoms with E-state index in [4.69, 9.17) is 4.74 Å². The molecule has 3 rings (SSSR count). The summed E-state index contributed by atoms with van der Waals surface area (Å²) in [5.74, 6) is 1.24. The molecule has 1 saturated heterocycles.